The molecule has 1 amide bonds. The quantitative estimate of drug-likeness (QED) is 0.209. The van der Waals surface area contributed by atoms with Crippen LogP contribution in [-0.4, -0.2) is 44.8 Å². The molecule has 44 heavy (non-hydrogen) atoms. The summed E-state index contributed by atoms with van der Waals surface area (Å²) in [6.45, 7) is 4.83. The van der Waals surface area contributed by atoms with E-state index in [0.717, 1.165) is 11.3 Å². The van der Waals surface area contributed by atoms with Gasteiger partial charge in [0.2, 0.25) is 0 Å². The number of carbonyl (C=O) groups excluding carboxylic acids is 1. The maximum atomic E-state index is 14.8. The number of hydrogen-bond acceptors (Lipinski definition) is 5. The standard InChI is InChI=1S/C31H29F5N4O4/c1-5-24(31(34,35)36)38-18-13-21(32)26(22(33)14-18)28(41)39-23(30(43)44)12-17-8-9-20(27-19(17)7-6-10-37-27)25-15(2)11-16(3)40(4)29(25)42/h6-11,13-14,23-24,38H,5,12H2,1-4H3,(H,39,41)(H,43,44)/t23-,24+/m0/s1. The van der Waals surface area contributed by atoms with Crippen LogP contribution in [-0.2, 0) is 18.3 Å². The lowest BCUT2D eigenvalue weighted by Gasteiger charge is -2.22. The molecule has 13 heteroatoms. The van der Waals surface area contributed by atoms with Crippen molar-refractivity contribution < 1.29 is 36.6 Å². The molecule has 232 valence electrons. The maximum absolute atomic E-state index is 14.8. The molecule has 0 saturated carbocycles. The van der Waals surface area contributed by atoms with Crippen molar-refractivity contribution in [1.82, 2.24) is 14.9 Å². The van der Waals surface area contributed by atoms with Gasteiger partial charge in [0.05, 0.1) is 11.1 Å². The number of nitrogens with zero attached hydrogens (tertiary/aromatic N) is 2. The highest BCUT2D eigenvalue weighted by molar-refractivity contribution is 5.99. The second-order valence-electron chi connectivity index (χ2n) is 10.4. The first-order valence-electron chi connectivity index (χ1n) is 13.5. The van der Waals surface area contributed by atoms with Gasteiger partial charge in [0.15, 0.2) is 0 Å². The third-order valence-corrected chi connectivity index (χ3v) is 7.44. The van der Waals surface area contributed by atoms with Crippen molar-refractivity contribution in [3.05, 3.63) is 93.0 Å². The van der Waals surface area contributed by atoms with E-state index in [-0.39, 0.29) is 12.0 Å². The van der Waals surface area contributed by atoms with Crippen LogP contribution in [0.2, 0.25) is 0 Å². The number of aryl methyl sites for hydroxylation is 2. The number of rotatable bonds is 9. The topological polar surface area (TPSA) is 113 Å². The van der Waals surface area contributed by atoms with Crippen molar-refractivity contribution in [2.45, 2.75) is 51.9 Å². The number of carboxylic acid groups (broad SMARTS) is 1. The van der Waals surface area contributed by atoms with E-state index >= 15 is 0 Å². The molecule has 0 aliphatic heterocycles. The second-order valence-corrected chi connectivity index (χ2v) is 10.4. The van der Waals surface area contributed by atoms with Crippen LogP contribution in [0.5, 0.6) is 0 Å². The predicted octanol–water partition coefficient (Wildman–Crippen LogP) is 5.67. The zero-order valence-electron chi connectivity index (χ0n) is 24.1. The summed E-state index contributed by atoms with van der Waals surface area (Å²) in [6.07, 6.45) is -3.90. The summed E-state index contributed by atoms with van der Waals surface area (Å²) in [5, 5.41) is 14.5. The Kier molecular flexibility index (Phi) is 9.07. The number of aliphatic carboxylic acids is 1. The average Bonchev–Trinajstić information content (AvgIpc) is 2.94. The molecule has 0 radical (unpaired) electrons. The van der Waals surface area contributed by atoms with Gasteiger partial charge < -0.3 is 20.3 Å². The molecule has 0 aliphatic rings. The second kappa shape index (κ2) is 12.4. The Balaban J connectivity index is 1.66. The van der Waals surface area contributed by atoms with Gasteiger partial charge in [-0.1, -0.05) is 25.1 Å². The number of amides is 1. The van der Waals surface area contributed by atoms with E-state index in [0.29, 0.717) is 39.7 Å². The van der Waals surface area contributed by atoms with E-state index in [9.17, 15) is 41.4 Å². The van der Waals surface area contributed by atoms with Gasteiger partial charge in [-0.2, -0.15) is 13.2 Å². The van der Waals surface area contributed by atoms with Gasteiger partial charge in [0.25, 0.3) is 11.5 Å². The van der Waals surface area contributed by atoms with Crippen LogP contribution < -0.4 is 16.2 Å². The lowest BCUT2D eigenvalue weighted by atomic mass is 9.93. The monoisotopic (exact) mass is 616 g/mol. The van der Waals surface area contributed by atoms with Gasteiger partial charge in [0.1, 0.15) is 29.3 Å². The number of anilines is 1. The van der Waals surface area contributed by atoms with Crippen molar-refractivity contribution in [2.24, 2.45) is 7.05 Å². The van der Waals surface area contributed by atoms with Crippen molar-refractivity contribution in [1.29, 1.82) is 0 Å². The lowest BCUT2D eigenvalue weighted by Crippen LogP contribution is -2.43. The highest BCUT2D eigenvalue weighted by atomic mass is 19.4. The summed E-state index contributed by atoms with van der Waals surface area (Å²) < 4.78 is 70.4. The minimum Gasteiger partial charge on any atom is -0.480 e. The molecule has 4 aromatic rings. The van der Waals surface area contributed by atoms with Crippen molar-refractivity contribution in [2.75, 3.05) is 5.32 Å². The van der Waals surface area contributed by atoms with Gasteiger partial charge in [-0.15, -0.1) is 0 Å². The summed E-state index contributed by atoms with van der Waals surface area (Å²) in [5.74, 6) is -5.85. The third-order valence-electron chi connectivity index (χ3n) is 7.44. The lowest BCUT2D eigenvalue weighted by molar-refractivity contribution is -0.143. The van der Waals surface area contributed by atoms with Gasteiger partial charge in [-0.25, -0.2) is 13.6 Å². The van der Waals surface area contributed by atoms with Gasteiger partial charge in [0, 0.05) is 42.0 Å². The molecule has 0 unspecified atom stereocenters. The Morgan fingerprint density at radius 1 is 1.07 bits per heavy atom. The minimum absolute atomic E-state index is 0.244. The van der Waals surface area contributed by atoms with E-state index in [4.69, 9.17) is 0 Å². The van der Waals surface area contributed by atoms with Crippen LogP contribution in [0.3, 0.4) is 0 Å². The zero-order valence-corrected chi connectivity index (χ0v) is 24.1. The molecule has 0 fully saturated rings. The fraction of sp³-hybridized carbons (Fsp3) is 0.290. The summed E-state index contributed by atoms with van der Waals surface area (Å²) in [6, 6.07) is 5.71. The summed E-state index contributed by atoms with van der Waals surface area (Å²) in [5.41, 5.74) is 1.32. The largest absolute Gasteiger partial charge is 0.480 e. The molecule has 2 atom stereocenters. The number of benzene rings is 2. The molecule has 0 bridgehead atoms. The summed E-state index contributed by atoms with van der Waals surface area (Å²) in [7, 11) is 1.64. The summed E-state index contributed by atoms with van der Waals surface area (Å²) >= 11 is 0. The smallest absolute Gasteiger partial charge is 0.408 e. The van der Waals surface area contributed by atoms with Crippen molar-refractivity contribution >= 4 is 28.5 Å². The first-order valence-corrected chi connectivity index (χ1v) is 13.5. The molecule has 2 aromatic carbocycles. The molecular weight excluding hydrogens is 587 g/mol. The first-order chi connectivity index (χ1) is 20.6. The van der Waals surface area contributed by atoms with E-state index < -0.39 is 59.4 Å². The Bertz CT molecular complexity index is 1800. The van der Waals surface area contributed by atoms with E-state index in [1.165, 1.54) is 17.7 Å². The number of halogens is 5. The number of hydrogen-bond donors (Lipinski definition) is 3. The predicted molar refractivity (Wildman–Crippen MR) is 155 cm³/mol. The molecule has 8 nitrogen and oxygen atoms in total. The Morgan fingerprint density at radius 3 is 2.32 bits per heavy atom. The molecule has 2 aromatic heterocycles. The number of pyridine rings is 2. The molecule has 0 aliphatic carbocycles. The van der Waals surface area contributed by atoms with Gasteiger partial charge in [-0.05, 0) is 55.7 Å². The van der Waals surface area contributed by atoms with Crippen LogP contribution >= 0.6 is 0 Å². The molecule has 3 N–H and O–H groups in total. The number of nitrogens with one attached hydrogen (secondary N) is 2. The van der Waals surface area contributed by atoms with Gasteiger partial charge >= 0.3 is 12.1 Å². The molecule has 2 heterocycles. The normalized spacial score (nSPS) is 13.0. The van der Waals surface area contributed by atoms with E-state index in [1.54, 1.807) is 45.2 Å². The fourth-order valence-corrected chi connectivity index (χ4v) is 5.06. The summed E-state index contributed by atoms with van der Waals surface area (Å²) in [4.78, 5) is 42.6. The number of carbonyl (C=O) groups is 2. The van der Waals surface area contributed by atoms with E-state index in [1.807, 2.05) is 11.4 Å². The molecule has 0 spiro atoms. The Hall–Kier alpha value is -4.81. The zero-order chi connectivity index (χ0) is 32.5. The molecular formula is C31H29F5N4O4. The fourth-order valence-electron chi connectivity index (χ4n) is 5.06. The number of fused-ring (bicyclic) bond motifs is 1. The SMILES string of the molecule is CC[C@@H](Nc1cc(F)c(C(=O)N[C@@H](Cc2ccc(-c3c(C)cc(C)n(C)c3=O)c3ncccc23)C(=O)O)c(F)c1)C(F)(F)F. The van der Waals surface area contributed by atoms with Crippen LogP contribution in [0.15, 0.2) is 53.5 Å². The number of alkyl halides is 3. The van der Waals surface area contributed by atoms with E-state index in [2.05, 4.69) is 10.3 Å². The first kappa shape index (κ1) is 32.1. The minimum atomic E-state index is -4.68. The van der Waals surface area contributed by atoms with Crippen LogP contribution in [0.4, 0.5) is 27.6 Å². The number of carboxylic acids is 1. The maximum Gasteiger partial charge on any atom is 0.408 e. The Morgan fingerprint density at radius 2 is 1.73 bits per heavy atom. The highest BCUT2D eigenvalue weighted by Crippen LogP contribution is 2.31. The van der Waals surface area contributed by atoms with Crippen LogP contribution in [0, 0.1) is 25.5 Å². The highest BCUT2D eigenvalue weighted by Gasteiger charge is 2.38. The molecule has 4 rings (SSSR count). The third kappa shape index (κ3) is 6.41. The number of aromatic nitrogens is 2. The van der Waals surface area contributed by atoms with Crippen LogP contribution in [0.1, 0.15) is 40.5 Å². The van der Waals surface area contributed by atoms with Crippen LogP contribution in [0.25, 0.3) is 22.0 Å². The average molecular weight is 617 g/mol. The molecule has 0 saturated heterocycles. The Labute approximate surface area is 248 Å². The van der Waals surface area contributed by atoms with Gasteiger partial charge in [-0.3, -0.25) is 14.6 Å². The van der Waals surface area contributed by atoms with Crippen molar-refractivity contribution in [3.63, 3.8) is 0 Å². The van der Waals surface area contributed by atoms with Crippen molar-refractivity contribution in [3.8, 4) is 11.1 Å².